The Balaban J connectivity index is 0.931. The van der Waals surface area contributed by atoms with Crippen molar-refractivity contribution >= 4 is 66.1 Å². The van der Waals surface area contributed by atoms with Crippen molar-refractivity contribution in [3.63, 3.8) is 0 Å². The Kier molecular flexibility index (Phi) is 14.3. The van der Waals surface area contributed by atoms with E-state index < -0.39 is 52.8 Å². The summed E-state index contributed by atoms with van der Waals surface area (Å²) in [7, 11) is -10.9. The van der Waals surface area contributed by atoms with Crippen LogP contribution in [0.1, 0.15) is 55.5 Å². The molecule has 66 heavy (non-hydrogen) atoms. The minimum atomic E-state index is -6.05. The number of hydrogen-bond acceptors (Lipinski definition) is 11. The summed E-state index contributed by atoms with van der Waals surface area (Å²) in [5, 5.41) is 3.71. The van der Waals surface area contributed by atoms with Crippen LogP contribution in [0.2, 0.25) is 5.02 Å². The number of rotatable bonds is 15. The lowest BCUT2D eigenvalue weighted by Gasteiger charge is -2.53. The van der Waals surface area contributed by atoms with Crippen LogP contribution in [0.25, 0.3) is 5.57 Å². The van der Waals surface area contributed by atoms with Crippen LogP contribution >= 0.6 is 23.4 Å². The number of allylic oxidation sites excluding steroid dienone is 1. The fraction of sp³-hybridized carbons (Fsp3) is 0.438. The third-order valence-corrected chi connectivity index (χ3v) is 17.4. The number of nitrogens with one attached hydrogen (secondary N) is 2. The number of benzene rings is 4. The Morgan fingerprint density at radius 1 is 0.894 bits per heavy atom. The quantitative estimate of drug-likeness (QED) is 0.111. The van der Waals surface area contributed by atoms with E-state index in [-0.39, 0.29) is 16.4 Å². The van der Waals surface area contributed by atoms with E-state index >= 15 is 0 Å². The van der Waals surface area contributed by atoms with Gasteiger partial charge in [0.2, 0.25) is 0 Å². The van der Waals surface area contributed by atoms with Gasteiger partial charge in [-0.05, 0) is 109 Å². The van der Waals surface area contributed by atoms with Crippen LogP contribution in [0.4, 0.5) is 24.5 Å². The fourth-order valence-corrected chi connectivity index (χ4v) is 12.6. The highest BCUT2D eigenvalue weighted by Gasteiger charge is 2.51. The number of halogens is 4. The zero-order chi connectivity index (χ0) is 46.9. The summed E-state index contributed by atoms with van der Waals surface area (Å²) in [6, 6.07) is 26.2. The van der Waals surface area contributed by atoms with Gasteiger partial charge in [0.15, 0.2) is 0 Å². The lowest BCUT2D eigenvalue weighted by atomic mass is 9.71. The standard InChI is InChI=1S/C48H55ClF3N5O6S3/c1-46(2)20-18-43(41(29-46)34-8-12-36(49)13-9-34)57-32-47(33-57)21-23-56(31-47)38-14-10-35(11-15-38)45(58)54-66(61,62)40-16-17-42(44(28-40)65(59,60)48(50,51)52)53-37(19-22-55-24-26-63-27-25-55)30-64-39-6-4-3-5-7-39/h3-17,28-29,37,43,53H,18-27,30-33H2,1-2H3,(H,54,58). The molecule has 0 radical (unpaired) electrons. The first kappa shape index (κ1) is 48.4. The summed E-state index contributed by atoms with van der Waals surface area (Å²) in [5.74, 6) is -0.645. The van der Waals surface area contributed by atoms with Crippen molar-refractivity contribution in [1.82, 2.24) is 14.5 Å². The first-order chi connectivity index (χ1) is 31.3. The second-order valence-corrected chi connectivity index (χ2v) is 23.6. The van der Waals surface area contributed by atoms with E-state index in [4.69, 9.17) is 16.3 Å². The smallest absolute Gasteiger partial charge is 0.380 e. The molecule has 0 aromatic heterocycles. The molecule has 3 saturated heterocycles. The van der Waals surface area contributed by atoms with E-state index in [1.54, 1.807) is 12.1 Å². The van der Waals surface area contributed by atoms with E-state index in [0.717, 1.165) is 68.2 Å². The summed E-state index contributed by atoms with van der Waals surface area (Å²) in [6.45, 7) is 11.2. The molecule has 1 aliphatic carbocycles. The van der Waals surface area contributed by atoms with Crippen molar-refractivity contribution in [2.24, 2.45) is 10.8 Å². The number of sulfonamides is 1. The summed E-state index contributed by atoms with van der Waals surface area (Å²) >= 11 is 7.67. The van der Waals surface area contributed by atoms with Gasteiger partial charge in [-0.15, -0.1) is 11.8 Å². The molecule has 11 nitrogen and oxygen atoms in total. The summed E-state index contributed by atoms with van der Waals surface area (Å²) in [5.41, 5.74) is -2.49. The average Bonchev–Trinajstić information content (AvgIpc) is 3.73. The molecule has 3 aliphatic heterocycles. The van der Waals surface area contributed by atoms with Gasteiger partial charge in [-0.2, -0.15) is 13.2 Å². The second kappa shape index (κ2) is 19.5. The van der Waals surface area contributed by atoms with E-state index in [1.807, 2.05) is 47.2 Å². The van der Waals surface area contributed by atoms with Crippen molar-refractivity contribution in [3.05, 3.63) is 119 Å². The first-order valence-corrected chi connectivity index (χ1v) is 26.5. The number of carbonyl (C=O) groups excluding carboxylic acids is 1. The molecule has 1 spiro atoms. The summed E-state index contributed by atoms with van der Waals surface area (Å²) < 4.78 is 103. The largest absolute Gasteiger partial charge is 0.501 e. The maximum atomic E-state index is 14.2. The normalized spacial score (nSPS) is 20.7. The number of thioether (sulfide) groups is 1. The number of ether oxygens (including phenoxy) is 1. The van der Waals surface area contributed by atoms with Gasteiger partial charge < -0.3 is 15.0 Å². The third-order valence-electron chi connectivity index (χ3n) is 13.1. The number of likely N-dealkylation sites (tertiary alicyclic amines) is 1. The van der Waals surface area contributed by atoms with E-state index in [1.165, 1.54) is 35.0 Å². The van der Waals surface area contributed by atoms with E-state index in [0.29, 0.717) is 62.2 Å². The van der Waals surface area contributed by atoms with Crippen LogP contribution in [0, 0.1) is 10.8 Å². The molecule has 1 amide bonds. The first-order valence-electron chi connectivity index (χ1n) is 22.1. The van der Waals surface area contributed by atoms with E-state index in [2.05, 4.69) is 52.1 Å². The molecule has 4 aromatic carbocycles. The molecule has 8 rings (SSSR count). The number of nitrogens with zero attached hydrogens (tertiary/aromatic N) is 3. The van der Waals surface area contributed by atoms with Crippen LogP contribution < -0.4 is 14.9 Å². The van der Waals surface area contributed by atoms with Gasteiger partial charge in [-0.25, -0.2) is 21.6 Å². The Hall–Kier alpha value is -4.10. The number of carbonyl (C=O) groups is 1. The number of anilines is 2. The van der Waals surface area contributed by atoms with Gasteiger partial charge in [0, 0.05) is 90.2 Å². The second-order valence-electron chi connectivity index (χ2n) is 18.5. The Labute approximate surface area is 395 Å². The molecule has 3 fully saturated rings. The van der Waals surface area contributed by atoms with Crippen molar-refractivity contribution in [2.75, 3.05) is 75.0 Å². The third kappa shape index (κ3) is 11.1. The average molecular weight is 987 g/mol. The maximum Gasteiger partial charge on any atom is 0.501 e. The maximum absolute atomic E-state index is 14.2. The molecule has 4 aromatic rings. The highest BCUT2D eigenvalue weighted by molar-refractivity contribution is 7.99. The Morgan fingerprint density at radius 3 is 2.27 bits per heavy atom. The minimum Gasteiger partial charge on any atom is -0.380 e. The molecule has 2 N–H and O–H groups in total. The number of alkyl halides is 3. The number of morpholine rings is 1. The predicted octanol–water partition coefficient (Wildman–Crippen LogP) is 8.83. The van der Waals surface area contributed by atoms with Gasteiger partial charge in [0.05, 0.1) is 23.8 Å². The molecule has 4 aliphatic rings. The molecule has 354 valence electrons. The van der Waals surface area contributed by atoms with Gasteiger partial charge in [0.25, 0.3) is 25.8 Å². The number of sulfone groups is 1. The van der Waals surface area contributed by atoms with E-state index in [9.17, 15) is 34.8 Å². The molecular weight excluding hydrogens is 931 g/mol. The molecule has 3 heterocycles. The molecule has 18 heteroatoms. The van der Waals surface area contributed by atoms with Crippen molar-refractivity contribution in [2.45, 2.75) is 71.8 Å². The van der Waals surface area contributed by atoms with Crippen molar-refractivity contribution < 1.29 is 39.5 Å². The topological polar surface area (TPSA) is 128 Å². The lowest BCUT2D eigenvalue weighted by molar-refractivity contribution is -0.0435. The molecule has 0 bridgehead atoms. The molecule has 2 unspecified atom stereocenters. The van der Waals surface area contributed by atoms with Crippen LogP contribution in [-0.4, -0.2) is 115 Å². The zero-order valence-electron chi connectivity index (χ0n) is 36.9. The summed E-state index contributed by atoms with van der Waals surface area (Å²) in [6.07, 6.45) is 6.04. The Morgan fingerprint density at radius 2 is 1.59 bits per heavy atom. The number of amides is 1. The highest BCUT2D eigenvalue weighted by atomic mass is 35.5. The van der Waals surface area contributed by atoms with Crippen LogP contribution in [-0.2, 0) is 24.6 Å². The molecular formula is C48H55ClF3N5O6S3. The minimum absolute atomic E-state index is 0.00763. The predicted molar refractivity (Wildman–Crippen MR) is 254 cm³/mol. The molecule has 2 atom stereocenters. The van der Waals surface area contributed by atoms with Gasteiger partial charge in [-0.1, -0.05) is 61.9 Å². The summed E-state index contributed by atoms with van der Waals surface area (Å²) in [4.78, 5) is 19.2. The highest BCUT2D eigenvalue weighted by Crippen LogP contribution is 2.48. The van der Waals surface area contributed by atoms with Crippen molar-refractivity contribution in [3.8, 4) is 0 Å². The molecule has 0 saturated carbocycles. The van der Waals surface area contributed by atoms with Crippen molar-refractivity contribution in [1.29, 1.82) is 0 Å². The number of hydrogen-bond donors (Lipinski definition) is 2. The van der Waals surface area contributed by atoms with Gasteiger partial charge in [0.1, 0.15) is 4.90 Å². The van der Waals surface area contributed by atoms with Gasteiger partial charge in [-0.3, -0.25) is 14.6 Å². The monoisotopic (exact) mass is 985 g/mol. The van der Waals surface area contributed by atoms with Gasteiger partial charge >= 0.3 is 5.51 Å². The fourth-order valence-electron chi connectivity index (χ4n) is 9.49. The van der Waals surface area contributed by atoms with Crippen LogP contribution in [0.5, 0.6) is 0 Å². The van der Waals surface area contributed by atoms with Crippen LogP contribution in [0.15, 0.2) is 118 Å². The lowest BCUT2D eigenvalue weighted by Crippen LogP contribution is -2.61. The Bertz CT molecular complexity index is 2620. The van der Waals surface area contributed by atoms with Crippen LogP contribution in [0.3, 0.4) is 0 Å². The SMILES string of the molecule is CC1(C)C=C(c2ccc(Cl)cc2)C(N2CC3(CCN(c4ccc(C(=O)NS(=O)(=O)c5ccc(NC(CCN6CCOCC6)CSc6ccccc6)c(S(=O)(=O)C(F)(F)F)c5)cc4)C3)C2)CC1. The zero-order valence-corrected chi connectivity index (χ0v) is 40.1.